The Balaban J connectivity index is 3.36. The number of rotatable bonds is 4. The third-order valence-electron chi connectivity index (χ3n) is 0.674. The van der Waals surface area contributed by atoms with E-state index in [-0.39, 0.29) is 12.4 Å². The summed E-state index contributed by atoms with van der Waals surface area (Å²) in [6.45, 7) is 0.0737. The summed E-state index contributed by atoms with van der Waals surface area (Å²) in [6, 6.07) is 0. The Morgan fingerprint density at radius 3 is 2.89 bits per heavy atom. The lowest BCUT2D eigenvalue weighted by molar-refractivity contribution is 0.597. The molecule has 4 heteroatoms. The molecule has 52 valence electrons. The molecule has 0 aromatic carbocycles. The van der Waals surface area contributed by atoms with Gasteiger partial charge in [0.15, 0.2) is 0 Å². The number of nitrogens with one attached hydrogen (secondary N) is 3. The van der Waals surface area contributed by atoms with Crippen molar-refractivity contribution in [1.82, 2.24) is 10.6 Å². The zero-order valence-corrected chi connectivity index (χ0v) is 5.24. The van der Waals surface area contributed by atoms with Gasteiger partial charge in [0.1, 0.15) is 5.83 Å². The minimum Gasteiger partial charge on any atom is -0.392 e. The van der Waals surface area contributed by atoms with Crippen molar-refractivity contribution in [2.75, 3.05) is 13.6 Å². The van der Waals surface area contributed by atoms with E-state index in [1.807, 2.05) is 0 Å². The van der Waals surface area contributed by atoms with Gasteiger partial charge in [-0.15, -0.1) is 0 Å². The van der Waals surface area contributed by atoms with Crippen molar-refractivity contribution >= 4 is 6.34 Å². The van der Waals surface area contributed by atoms with E-state index in [4.69, 9.17) is 5.41 Å². The molecule has 0 aromatic heterocycles. The lowest BCUT2D eigenvalue weighted by Crippen LogP contribution is -2.13. The van der Waals surface area contributed by atoms with Gasteiger partial charge in [-0.3, -0.25) is 5.41 Å². The first kappa shape index (κ1) is 7.94. The van der Waals surface area contributed by atoms with Crippen LogP contribution < -0.4 is 10.6 Å². The molecular formula is C5H10FN3. The monoisotopic (exact) mass is 131 g/mol. The molecule has 3 nitrogen and oxygen atoms in total. The molecule has 0 heterocycles. The molecule has 0 atom stereocenters. The van der Waals surface area contributed by atoms with Crippen LogP contribution in [0, 0.1) is 5.41 Å². The highest BCUT2D eigenvalue weighted by molar-refractivity contribution is 5.49. The first-order chi connectivity index (χ1) is 4.31. The van der Waals surface area contributed by atoms with Crippen LogP contribution in [0.2, 0.25) is 0 Å². The SMILES string of the molecule is CN/C=C(\F)CNC=N. The average Bonchev–Trinajstić information content (AvgIpc) is 1.85. The maximum absolute atomic E-state index is 12.2. The molecule has 3 N–H and O–H groups in total. The summed E-state index contributed by atoms with van der Waals surface area (Å²) in [5, 5.41) is 11.4. The van der Waals surface area contributed by atoms with E-state index in [2.05, 4.69) is 10.6 Å². The standard InChI is InChI=1S/C5H10FN3/c1-8-2-5(6)3-9-4-7/h2,4,8H,3H2,1H3,(H2,7,9)/b5-2-. The van der Waals surface area contributed by atoms with Crippen molar-refractivity contribution < 1.29 is 4.39 Å². The van der Waals surface area contributed by atoms with Gasteiger partial charge in [-0.05, 0) is 0 Å². The van der Waals surface area contributed by atoms with Crippen molar-refractivity contribution in [2.24, 2.45) is 0 Å². The molecule has 0 rings (SSSR count). The first-order valence-corrected chi connectivity index (χ1v) is 2.55. The topological polar surface area (TPSA) is 47.9 Å². The normalized spacial score (nSPS) is 10.7. The molecule has 9 heavy (non-hydrogen) atoms. The quantitative estimate of drug-likeness (QED) is 0.377. The second-order valence-corrected chi connectivity index (χ2v) is 1.41. The van der Waals surface area contributed by atoms with Crippen LogP contribution in [0.15, 0.2) is 12.0 Å². The highest BCUT2D eigenvalue weighted by Gasteiger charge is 1.87. The van der Waals surface area contributed by atoms with Crippen LogP contribution in [0.3, 0.4) is 0 Å². The van der Waals surface area contributed by atoms with Gasteiger partial charge in [0.2, 0.25) is 0 Å². The van der Waals surface area contributed by atoms with Crippen molar-refractivity contribution in [3.8, 4) is 0 Å². The summed E-state index contributed by atoms with van der Waals surface area (Å²) in [7, 11) is 1.62. The van der Waals surface area contributed by atoms with Gasteiger partial charge in [0.25, 0.3) is 0 Å². The molecule has 0 spiro atoms. The fourth-order valence-electron chi connectivity index (χ4n) is 0.356. The van der Waals surface area contributed by atoms with Crippen LogP contribution in [0.25, 0.3) is 0 Å². The molecule has 0 amide bonds. The fourth-order valence-corrected chi connectivity index (χ4v) is 0.356. The van der Waals surface area contributed by atoms with Crippen molar-refractivity contribution in [3.63, 3.8) is 0 Å². The molecule has 0 saturated heterocycles. The average molecular weight is 131 g/mol. The van der Waals surface area contributed by atoms with Gasteiger partial charge in [0, 0.05) is 13.2 Å². The Kier molecular flexibility index (Phi) is 4.49. The highest BCUT2D eigenvalue weighted by atomic mass is 19.1. The van der Waals surface area contributed by atoms with Crippen LogP contribution in [-0.2, 0) is 0 Å². The molecular weight excluding hydrogens is 121 g/mol. The Morgan fingerprint density at radius 1 is 1.78 bits per heavy atom. The summed E-state index contributed by atoms with van der Waals surface area (Å²) < 4.78 is 12.2. The van der Waals surface area contributed by atoms with Gasteiger partial charge in [-0.2, -0.15) is 0 Å². The number of hydrogen-bond donors (Lipinski definition) is 3. The lowest BCUT2D eigenvalue weighted by Gasteiger charge is -1.94. The second-order valence-electron chi connectivity index (χ2n) is 1.41. The third-order valence-corrected chi connectivity index (χ3v) is 0.674. The molecule has 0 radical (unpaired) electrons. The summed E-state index contributed by atoms with van der Waals surface area (Å²) in [5.74, 6) is -0.319. The first-order valence-electron chi connectivity index (χ1n) is 2.55. The molecule has 0 bridgehead atoms. The van der Waals surface area contributed by atoms with Gasteiger partial charge in [-0.25, -0.2) is 4.39 Å². The fraction of sp³-hybridized carbons (Fsp3) is 0.400. The van der Waals surface area contributed by atoms with E-state index in [0.717, 1.165) is 6.34 Å². The zero-order valence-electron chi connectivity index (χ0n) is 5.24. The summed E-state index contributed by atoms with van der Waals surface area (Å²) >= 11 is 0. The molecule has 0 aromatic rings. The van der Waals surface area contributed by atoms with Crippen LogP contribution in [0.4, 0.5) is 4.39 Å². The van der Waals surface area contributed by atoms with Crippen LogP contribution in [0.1, 0.15) is 0 Å². The second kappa shape index (κ2) is 5.08. The van der Waals surface area contributed by atoms with Crippen LogP contribution in [-0.4, -0.2) is 19.9 Å². The van der Waals surface area contributed by atoms with E-state index in [1.165, 1.54) is 6.20 Å². The summed E-state index contributed by atoms with van der Waals surface area (Å²) in [6.07, 6.45) is 2.18. The zero-order chi connectivity index (χ0) is 7.11. The highest BCUT2D eigenvalue weighted by Crippen LogP contribution is 1.88. The predicted molar refractivity (Wildman–Crippen MR) is 35.0 cm³/mol. The number of hydrogen-bond acceptors (Lipinski definition) is 2. The van der Waals surface area contributed by atoms with Crippen molar-refractivity contribution in [3.05, 3.63) is 12.0 Å². The van der Waals surface area contributed by atoms with Gasteiger partial charge in [-0.1, -0.05) is 0 Å². The van der Waals surface area contributed by atoms with Gasteiger partial charge < -0.3 is 10.6 Å². The minimum atomic E-state index is -0.319. The minimum absolute atomic E-state index is 0.0737. The third kappa shape index (κ3) is 4.80. The van der Waals surface area contributed by atoms with Gasteiger partial charge in [0.05, 0.1) is 12.9 Å². The summed E-state index contributed by atoms with van der Waals surface area (Å²) in [5.41, 5.74) is 0. The molecule has 0 unspecified atom stereocenters. The Hall–Kier alpha value is -1.06. The molecule has 0 aliphatic carbocycles. The maximum Gasteiger partial charge on any atom is 0.135 e. The van der Waals surface area contributed by atoms with Crippen LogP contribution in [0.5, 0.6) is 0 Å². The lowest BCUT2D eigenvalue weighted by atomic mass is 10.5. The van der Waals surface area contributed by atoms with E-state index in [1.54, 1.807) is 7.05 Å². The smallest absolute Gasteiger partial charge is 0.135 e. The summed E-state index contributed by atoms with van der Waals surface area (Å²) in [4.78, 5) is 0. The molecule has 0 aliphatic rings. The predicted octanol–water partition coefficient (Wildman–Crippen LogP) is 0.213. The van der Waals surface area contributed by atoms with E-state index in [9.17, 15) is 4.39 Å². The Morgan fingerprint density at radius 2 is 2.44 bits per heavy atom. The van der Waals surface area contributed by atoms with Crippen molar-refractivity contribution in [1.29, 1.82) is 5.41 Å². The van der Waals surface area contributed by atoms with E-state index >= 15 is 0 Å². The molecule has 0 fully saturated rings. The molecule has 0 aliphatic heterocycles. The number of halogens is 1. The van der Waals surface area contributed by atoms with Crippen molar-refractivity contribution in [2.45, 2.75) is 0 Å². The molecule has 0 saturated carbocycles. The van der Waals surface area contributed by atoms with Gasteiger partial charge >= 0.3 is 0 Å². The van der Waals surface area contributed by atoms with E-state index in [0.29, 0.717) is 0 Å². The Labute approximate surface area is 53.5 Å². The maximum atomic E-state index is 12.2. The largest absolute Gasteiger partial charge is 0.392 e. The Bertz CT molecular complexity index is 111. The van der Waals surface area contributed by atoms with Crippen LogP contribution >= 0.6 is 0 Å². The van der Waals surface area contributed by atoms with E-state index < -0.39 is 0 Å².